The molecule has 0 amide bonds. The maximum atomic E-state index is 4.38. The first kappa shape index (κ1) is 13.2. The lowest BCUT2D eigenvalue weighted by Gasteiger charge is -2.23. The topological polar surface area (TPSA) is 12.0 Å². The zero-order chi connectivity index (χ0) is 12.1. The fourth-order valence-electron chi connectivity index (χ4n) is 2.47. The molecule has 1 aromatic carbocycles. The van der Waals surface area contributed by atoms with Gasteiger partial charge in [-0.05, 0) is 43.2 Å². The van der Waals surface area contributed by atoms with E-state index in [4.69, 9.17) is 0 Å². The van der Waals surface area contributed by atoms with Crippen LogP contribution in [0.4, 0.5) is 5.69 Å². The first-order valence-corrected chi connectivity index (χ1v) is 8.07. The third-order valence-electron chi connectivity index (χ3n) is 3.49. The number of thiol groups is 1. The van der Waals surface area contributed by atoms with Gasteiger partial charge in [0.05, 0.1) is 0 Å². The van der Waals surface area contributed by atoms with Crippen LogP contribution in [0.3, 0.4) is 0 Å². The Labute approximate surface area is 114 Å². The Morgan fingerprint density at radius 1 is 1.29 bits per heavy atom. The van der Waals surface area contributed by atoms with Crippen molar-refractivity contribution in [2.24, 2.45) is 5.92 Å². The second-order valence-electron chi connectivity index (χ2n) is 4.77. The lowest BCUT2D eigenvalue weighted by atomic mass is 9.89. The number of benzene rings is 1. The highest BCUT2D eigenvalue weighted by atomic mass is 32.2. The van der Waals surface area contributed by atoms with Gasteiger partial charge in [-0.3, -0.25) is 0 Å². The maximum absolute atomic E-state index is 4.38. The summed E-state index contributed by atoms with van der Waals surface area (Å²) in [5.74, 6) is 0.870. The number of hydrogen-bond acceptors (Lipinski definition) is 3. The summed E-state index contributed by atoms with van der Waals surface area (Å²) in [6.07, 6.45) is 9.17. The summed E-state index contributed by atoms with van der Waals surface area (Å²) in [4.78, 5) is 2.34. The SMILES string of the molecule is CSc1cc(S)ccc1NCC1CCCCC1. The molecule has 0 unspecified atom stereocenters. The molecule has 0 heterocycles. The molecule has 0 spiro atoms. The van der Waals surface area contributed by atoms with E-state index in [2.05, 4.69) is 42.4 Å². The largest absolute Gasteiger partial charge is 0.384 e. The van der Waals surface area contributed by atoms with Gasteiger partial charge in [0, 0.05) is 22.0 Å². The number of nitrogens with one attached hydrogen (secondary N) is 1. The molecule has 1 aromatic rings. The van der Waals surface area contributed by atoms with Crippen LogP contribution in [0.25, 0.3) is 0 Å². The molecule has 0 atom stereocenters. The number of hydrogen-bond donors (Lipinski definition) is 2. The molecular formula is C14H21NS2. The van der Waals surface area contributed by atoms with Crippen molar-refractivity contribution >= 4 is 30.1 Å². The van der Waals surface area contributed by atoms with Crippen LogP contribution in [0.5, 0.6) is 0 Å². The standard InChI is InChI=1S/C14H21NS2/c1-17-14-9-12(16)7-8-13(14)15-10-11-5-3-2-4-6-11/h7-9,11,15-16H,2-6,10H2,1H3. The lowest BCUT2D eigenvalue weighted by molar-refractivity contribution is 0.373. The van der Waals surface area contributed by atoms with Crippen molar-refractivity contribution in [3.63, 3.8) is 0 Å². The average molecular weight is 267 g/mol. The fraction of sp³-hybridized carbons (Fsp3) is 0.571. The van der Waals surface area contributed by atoms with Crippen LogP contribution < -0.4 is 5.32 Å². The van der Waals surface area contributed by atoms with Crippen LogP contribution in [-0.4, -0.2) is 12.8 Å². The first-order valence-electron chi connectivity index (χ1n) is 6.40. The van der Waals surface area contributed by atoms with E-state index in [1.54, 1.807) is 11.8 Å². The summed E-state index contributed by atoms with van der Waals surface area (Å²) in [6.45, 7) is 1.12. The molecule has 0 radical (unpaired) electrons. The van der Waals surface area contributed by atoms with Crippen molar-refractivity contribution in [1.29, 1.82) is 0 Å². The zero-order valence-electron chi connectivity index (χ0n) is 10.4. The molecule has 0 saturated heterocycles. The Bertz CT molecular complexity index is 359. The molecular weight excluding hydrogens is 246 g/mol. The number of rotatable bonds is 4. The third-order valence-corrected chi connectivity index (χ3v) is 4.55. The molecule has 1 saturated carbocycles. The van der Waals surface area contributed by atoms with E-state index in [0.29, 0.717) is 0 Å². The monoisotopic (exact) mass is 267 g/mol. The normalized spacial score (nSPS) is 17.1. The van der Waals surface area contributed by atoms with Crippen LogP contribution in [-0.2, 0) is 0 Å². The Morgan fingerprint density at radius 2 is 2.06 bits per heavy atom. The molecule has 1 nitrogen and oxygen atoms in total. The van der Waals surface area contributed by atoms with Gasteiger partial charge < -0.3 is 5.32 Å². The van der Waals surface area contributed by atoms with Gasteiger partial charge in [0.1, 0.15) is 0 Å². The molecule has 1 N–H and O–H groups in total. The summed E-state index contributed by atoms with van der Waals surface area (Å²) in [7, 11) is 0. The minimum Gasteiger partial charge on any atom is -0.384 e. The summed E-state index contributed by atoms with van der Waals surface area (Å²) in [5.41, 5.74) is 1.26. The van der Waals surface area contributed by atoms with E-state index in [0.717, 1.165) is 17.4 Å². The molecule has 17 heavy (non-hydrogen) atoms. The van der Waals surface area contributed by atoms with Crippen LogP contribution >= 0.6 is 24.4 Å². The first-order chi connectivity index (χ1) is 8.29. The average Bonchev–Trinajstić information content (AvgIpc) is 2.38. The highest BCUT2D eigenvalue weighted by Crippen LogP contribution is 2.29. The Balaban J connectivity index is 1.93. The van der Waals surface area contributed by atoms with Crippen LogP contribution in [0.1, 0.15) is 32.1 Å². The van der Waals surface area contributed by atoms with E-state index in [9.17, 15) is 0 Å². The molecule has 1 aliphatic carbocycles. The van der Waals surface area contributed by atoms with Gasteiger partial charge in [-0.15, -0.1) is 24.4 Å². The summed E-state index contributed by atoms with van der Waals surface area (Å²) in [6, 6.07) is 6.35. The van der Waals surface area contributed by atoms with Crippen LogP contribution in [0.15, 0.2) is 28.0 Å². The highest BCUT2D eigenvalue weighted by molar-refractivity contribution is 7.98. The van der Waals surface area contributed by atoms with Crippen molar-refractivity contribution in [2.45, 2.75) is 41.9 Å². The predicted octanol–water partition coefficient (Wildman–Crippen LogP) is 4.69. The highest BCUT2D eigenvalue weighted by Gasteiger charge is 2.13. The molecule has 1 aliphatic rings. The van der Waals surface area contributed by atoms with Gasteiger partial charge >= 0.3 is 0 Å². The van der Waals surface area contributed by atoms with Gasteiger partial charge in [-0.1, -0.05) is 19.3 Å². The maximum Gasteiger partial charge on any atom is 0.0479 e. The predicted molar refractivity (Wildman–Crippen MR) is 80.5 cm³/mol. The fourth-order valence-corrected chi connectivity index (χ4v) is 3.37. The third kappa shape index (κ3) is 3.85. The summed E-state index contributed by atoms with van der Waals surface area (Å²) >= 11 is 6.17. The van der Waals surface area contributed by atoms with Crippen molar-refractivity contribution in [3.05, 3.63) is 18.2 Å². The van der Waals surface area contributed by atoms with Crippen LogP contribution in [0, 0.1) is 5.92 Å². The molecule has 1 fully saturated rings. The van der Waals surface area contributed by atoms with Crippen molar-refractivity contribution < 1.29 is 0 Å². The Kier molecular flexibility index (Phi) is 5.11. The van der Waals surface area contributed by atoms with Crippen molar-refractivity contribution in [2.75, 3.05) is 18.1 Å². The zero-order valence-corrected chi connectivity index (χ0v) is 12.1. The summed E-state index contributed by atoms with van der Waals surface area (Å²) < 4.78 is 0. The Morgan fingerprint density at radius 3 is 2.76 bits per heavy atom. The molecule has 0 bridgehead atoms. The molecule has 3 heteroatoms. The second-order valence-corrected chi connectivity index (χ2v) is 6.13. The molecule has 0 aromatic heterocycles. The summed E-state index contributed by atoms with van der Waals surface area (Å²) in [5, 5.41) is 3.61. The van der Waals surface area contributed by atoms with Crippen molar-refractivity contribution in [3.8, 4) is 0 Å². The van der Waals surface area contributed by atoms with Gasteiger partial charge in [-0.2, -0.15) is 0 Å². The van der Waals surface area contributed by atoms with Crippen LogP contribution in [0.2, 0.25) is 0 Å². The second kappa shape index (κ2) is 6.60. The van der Waals surface area contributed by atoms with Gasteiger partial charge in [-0.25, -0.2) is 0 Å². The van der Waals surface area contributed by atoms with E-state index >= 15 is 0 Å². The molecule has 2 rings (SSSR count). The number of anilines is 1. The van der Waals surface area contributed by atoms with Gasteiger partial charge in [0.2, 0.25) is 0 Å². The smallest absolute Gasteiger partial charge is 0.0479 e. The Hall–Kier alpha value is -0.280. The van der Waals surface area contributed by atoms with Crippen molar-refractivity contribution in [1.82, 2.24) is 0 Å². The minimum atomic E-state index is 0.870. The molecule has 94 valence electrons. The lowest BCUT2D eigenvalue weighted by Crippen LogP contribution is -2.17. The quantitative estimate of drug-likeness (QED) is 0.606. The molecule has 0 aliphatic heterocycles. The van der Waals surface area contributed by atoms with Gasteiger partial charge in [0.25, 0.3) is 0 Å². The number of thioether (sulfide) groups is 1. The van der Waals surface area contributed by atoms with E-state index in [-0.39, 0.29) is 0 Å². The van der Waals surface area contributed by atoms with E-state index in [1.165, 1.54) is 42.7 Å². The minimum absolute atomic E-state index is 0.870. The van der Waals surface area contributed by atoms with E-state index in [1.807, 2.05) is 0 Å². The van der Waals surface area contributed by atoms with E-state index < -0.39 is 0 Å². The van der Waals surface area contributed by atoms with Gasteiger partial charge in [0.15, 0.2) is 0 Å².